The Morgan fingerprint density at radius 1 is 1.44 bits per heavy atom. The van der Waals surface area contributed by atoms with Crippen molar-refractivity contribution < 1.29 is 9.13 Å². The molecule has 1 aliphatic rings. The van der Waals surface area contributed by atoms with Crippen molar-refractivity contribution in [1.29, 1.82) is 0 Å². The molecule has 1 heterocycles. The van der Waals surface area contributed by atoms with Crippen molar-refractivity contribution in [3.05, 3.63) is 47.0 Å². The van der Waals surface area contributed by atoms with Crippen molar-refractivity contribution in [3.8, 4) is 0 Å². The molecule has 1 aromatic carbocycles. The van der Waals surface area contributed by atoms with E-state index in [1.54, 1.807) is 12.1 Å². The highest BCUT2D eigenvalue weighted by molar-refractivity contribution is 5.31. The molecule has 0 amide bonds. The van der Waals surface area contributed by atoms with Gasteiger partial charge in [-0.15, -0.1) is 0 Å². The van der Waals surface area contributed by atoms with Gasteiger partial charge in [0, 0.05) is 5.56 Å². The minimum absolute atomic E-state index is 0.270. The van der Waals surface area contributed by atoms with Gasteiger partial charge >= 0.3 is 0 Å². The van der Waals surface area contributed by atoms with Crippen LogP contribution in [0, 0.1) is 12.7 Å². The highest BCUT2D eigenvalue weighted by Gasteiger charge is 2.18. The molecule has 2 N–H and O–H groups in total. The Hall–Kier alpha value is -1.35. The first-order valence-electron chi connectivity index (χ1n) is 5.53. The smallest absolute Gasteiger partial charge is 0.128 e. The van der Waals surface area contributed by atoms with E-state index in [1.165, 1.54) is 6.07 Å². The zero-order valence-electron chi connectivity index (χ0n) is 9.37. The molecule has 16 heavy (non-hydrogen) atoms. The van der Waals surface area contributed by atoms with Crippen molar-refractivity contribution in [3.63, 3.8) is 0 Å². The Labute approximate surface area is 94.9 Å². The van der Waals surface area contributed by atoms with E-state index >= 15 is 0 Å². The van der Waals surface area contributed by atoms with Gasteiger partial charge in [-0.25, -0.2) is 4.39 Å². The number of hydrogen-bond donors (Lipinski definition) is 1. The molecule has 0 saturated carbocycles. The van der Waals surface area contributed by atoms with Crippen LogP contribution in [-0.4, -0.2) is 6.61 Å². The van der Waals surface area contributed by atoms with Crippen molar-refractivity contribution in [1.82, 2.24) is 0 Å². The fourth-order valence-corrected chi connectivity index (χ4v) is 1.85. The van der Waals surface area contributed by atoms with E-state index in [0.29, 0.717) is 17.9 Å². The molecular weight excluding hydrogens is 205 g/mol. The van der Waals surface area contributed by atoms with Gasteiger partial charge in [0.25, 0.3) is 0 Å². The first kappa shape index (κ1) is 11.1. The molecule has 0 spiro atoms. The van der Waals surface area contributed by atoms with E-state index < -0.39 is 6.04 Å². The minimum Gasteiger partial charge on any atom is -0.496 e. The fourth-order valence-electron chi connectivity index (χ4n) is 1.85. The van der Waals surface area contributed by atoms with Gasteiger partial charge in [0.05, 0.1) is 12.6 Å². The summed E-state index contributed by atoms with van der Waals surface area (Å²) in [6, 6.07) is 4.48. The number of ether oxygens (including phenoxy) is 1. The van der Waals surface area contributed by atoms with Crippen LogP contribution in [0.3, 0.4) is 0 Å². The van der Waals surface area contributed by atoms with Crippen molar-refractivity contribution >= 4 is 0 Å². The Bertz CT molecular complexity index is 414. The van der Waals surface area contributed by atoms with Gasteiger partial charge in [0.15, 0.2) is 0 Å². The minimum atomic E-state index is -0.486. The van der Waals surface area contributed by atoms with Gasteiger partial charge in [-0.2, -0.15) is 0 Å². The van der Waals surface area contributed by atoms with Crippen LogP contribution < -0.4 is 5.73 Å². The van der Waals surface area contributed by atoms with Crippen LogP contribution in [0.4, 0.5) is 4.39 Å². The average molecular weight is 221 g/mol. The summed E-state index contributed by atoms with van der Waals surface area (Å²) < 4.78 is 19.1. The highest BCUT2D eigenvalue weighted by Crippen LogP contribution is 2.26. The molecule has 1 unspecified atom stereocenters. The average Bonchev–Trinajstić information content (AvgIpc) is 2.32. The number of halogens is 1. The Morgan fingerprint density at radius 2 is 2.25 bits per heavy atom. The van der Waals surface area contributed by atoms with Crippen LogP contribution in [0.15, 0.2) is 30.0 Å². The topological polar surface area (TPSA) is 35.2 Å². The molecule has 0 saturated heterocycles. The van der Waals surface area contributed by atoms with Gasteiger partial charge in [-0.1, -0.05) is 17.7 Å². The predicted octanol–water partition coefficient (Wildman–Crippen LogP) is 2.83. The lowest BCUT2D eigenvalue weighted by molar-refractivity contribution is 0.175. The molecule has 1 aliphatic heterocycles. The van der Waals surface area contributed by atoms with Gasteiger partial charge in [-0.05, 0) is 31.9 Å². The quantitative estimate of drug-likeness (QED) is 0.833. The first-order valence-corrected chi connectivity index (χ1v) is 5.53. The fraction of sp³-hybridized carbons (Fsp3) is 0.385. The van der Waals surface area contributed by atoms with Crippen LogP contribution in [0.2, 0.25) is 0 Å². The summed E-state index contributed by atoms with van der Waals surface area (Å²) in [4.78, 5) is 0. The van der Waals surface area contributed by atoms with E-state index in [-0.39, 0.29) is 5.82 Å². The zero-order valence-corrected chi connectivity index (χ0v) is 9.37. The standard InChI is InChI=1S/C13H16FNO/c1-9-5-6-11(14)10(8-9)13(15)12-4-2-3-7-16-12/h4-6,8,13H,2-3,7,15H2,1H3. The van der Waals surface area contributed by atoms with E-state index in [9.17, 15) is 4.39 Å². The summed E-state index contributed by atoms with van der Waals surface area (Å²) in [7, 11) is 0. The molecule has 0 aromatic heterocycles. The van der Waals surface area contributed by atoms with Gasteiger partial charge < -0.3 is 10.5 Å². The monoisotopic (exact) mass is 221 g/mol. The molecule has 2 nitrogen and oxygen atoms in total. The number of nitrogens with two attached hydrogens (primary N) is 1. The van der Waals surface area contributed by atoms with E-state index in [4.69, 9.17) is 10.5 Å². The van der Waals surface area contributed by atoms with Crippen LogP contribution >= 0.6 is 0 Å². The first-order chi connectivity index (χ1) is 7.68. The summed E-state index contributed by atoms with van der Waals surface area (Å²) in [6.45, 7) is 2.60. The van der Waals surface area contributed by atoms with Crippen LogP contribution in [0.25, 0.3) is 0 Å². The van der Waals surface area contributed by atoms with Crippen molar-refractivity contribution in [2.45, 2.75) is 25.8 Å². The molecule has 0 bridgehead atoms. The van der Waals surface area contributed by atoms with E-state index in [2.05, 4.69) is 0 Å². The third kappa shape index (κ3) is 2.25. The summed E-state index contributed by atoms with van der Waals surface area (Å²) in [5.74, 6) is 0.420. The maximum atomic E-state index is 13.6. The predicted molar refractivity (Wildman–Crippen MR) is 61.3 cm³/mol. The van der Waals surface area contributed by atoms with Crippen LogP contribution in [0.5, 0.6) is 0 Å². The summed E-state index contributed by atoms with van der Waals surface area (Å²) in [5.41, 5.74) is 7.52. The SMILES string of the molecule is Cc1ccc(F)c(C(N)C2=CCCCO2)c1. The molecule has 2 rings (SSSR count). The van der Waals surface area contributed by atoms with E-state index in [1.807, 2.05) is 13.0 Å². The molecule has 1 aromatic rings. The van der Waals surface area contributed by atoms with Crippen LogP contribution in [-0.2, 0) is 4.74 Å². The number of rotatable bonds is 2. The lowest BCUT2D eigenvalue weighted by atomic mass is 10.0. The normalized spacial score (nSPS) is 17.6. The maximum Gasteiger partial charge on any atom is 0.128 e. The second kappa shape index (κ2) is 4.66. The summed E-state index contributed by atoms with van der Waals surface area (Å²) >= 11 is 0. The van der Waals surface area contributed by atoms with Crippen molar-refractivity contribution in [2.24, 2.45) is 5.73 Å². The molecule has 1 atom stereocenters. The van der Waals surface area contributed by atoms with Gasteiger partial charge in [-0.3, -0.25) is 0 Å². The molecule has 0 radical (unpaired) electrons. The lowest BCUT2D eigenvalue weighted by Crippen LogP contribution is -2.19. The van der Waals surface area contributed by atoms with E-state index in [0.717, 1.165) is 18.4 Å². The second-order valence-electron chi connectivity index (χ2n) is 4.10. The number of aryl methyl sites for hydroxylation is 1. The van der Waals surface area contributed by atoms with Gasteiger partial charge in [0.1, 0.15) is 11.6 Å². The Kier molecular flexibility index (Phi) is 3.25. The third-order valence-electron chi connectivity index (χ3n) is 2.76. The number of benzene rings is 1. The lowest BCUT2D eigenvalue weighted by Gasteiger charge is -2.21. The number of hydrogen-bond acceptors (Lipinski definition) is 2. The van der Waals surface area contributed by atoms with Gasteiger partial charge in [0.2, 0.25) is 0 Å². The Morgan fingerprint density at radius 3 is 2.94 bits per heavy atom. The molecule has 0 aliphatic carbocycles. The molecule has 0 fully saturated rings. The number of allylic oxidation sites excluding steroid dienone is 1. The summed E-state index contributed by atoms with van der Waals surface area (Å²) in [6.07, 6.45) is 3.92. The summed E-state index contributed by atoms with van der Waals surface area (Å²) in [5, 5.41) is 0. The highest BCUT2D eigenvalue weighted by atomic mass is 19.1. The zero-order chi connectivity index (χ0) is 11.5. The second-order valence-corrected chi connectivity index (χ2v) is 4.10. The third-order valence-corrected chi connectivity index (χ3v) is 2.76. The molecule has 86 valence electrons. The molecule has 3 heteroatoms. The Balaban J connectivity index is 2.29. The van der Waals surface area contributed by atoms with Crippen molar-refractivity contribution in [2.75, 3.05) is 6.61 Å². The molecular formula is C13H16FNO. The largest absolute Gasteiger partial charge is 0.496 e. The van der Waals surface area contributed by atoms with Crippen LogP contribution in [0.1, 0.15) is 30.0 Å². The maximum absolute atomic E-state index is 13.6.